The Morgan fingerprint density at radius 3 is 3.04 bits per heavy atom. The molecule has 0 radical (unpaired) electrons. The van der Waals surface area contributed by atoms with Crippen LogP contribution in [0.2, 0.25) is 0 Å². The van der Waals surface area contributed by atoms with Crippen molar-refractivity contribution in [1.29, 1.82) is 0 Å². The predicted molar refractivity (Wildman–Crippen MR) is 86.6 cm³/mol. The van der Waals surface area contributed by atoms with Gasteiger partial charge < -0.3 is 9.64 Å². The van der Waals surface area contributed by atoms with Crippen molar-refractivity contribution in [2.45, 2.75) is 38.5 Å². The van der Waals surface area contributed by atoms with Gasteiger partial charge in [-0.15, -0.1) is 0 Å². The molecular weight excluding hydrogens is 290 g/mol. The average molecular weight is 315 g/mol. The van der Waals surface area contributed by atoms with Gasteiger partial charge in [0.2, 0.25) is 5.91 Å². The Balaban J connectivity index is 1.44. The summed E-state index contributed by atoms with van der Waals surface area (Å²) < 4.78 is 5.98. The zero-order chi connectivity index (χ0) is 15.8. The molecule has 23 heavy (non-hydrogen) atoms. The number of likely N-dealkylation sites (tertiary alicyclic amines) is 1. The van der Waals surface area contributed by atoms with E-state index in [1.807, 2.05) is 18.5 Å². The number of hydrogen-bond acceptors (Lipinski definition) is 4. The summed E-state index contributed by atoms with van der Waals surface area (Å²) in [5.74, 6) is 1.22. The van der Waals surface area contributed by atoms with Gasteiger partial charge in [-0.1, -0.05) is 13.0 Å². The van der Waals surface area contributed by atoms with E-state index in [0.717, 1.165) is 45.6 Å². The minimum atomic E-state index is 0.265. The number of morpholine rings is 1. The smallest absolute Gasteiger partial charge is 0.226 e. The van der Waals surface area contributed by atoms with Crippen molar-refractivity contribution in [1.82, 2.24) is 14.8 Å². The van der Waals surface area contributed by atoms with Crippen molar-refractivity contribution in [3.63, 3.8) is 0 Å². The number of carbonyl (C=O) groups is 1. The zero-order valence-electron chi connectivity index (χ0n) is 13.7. The first-order chi connectivity index (χ1) is 11.2. The number of nitrogens with zero attached hydrogens (tertiary/aromatic N) is 3. The summed E-state index contributed by atoms with van der Waals surface area (Å²) in [6.45, 7) is 6.44. The Kier molecular flexibility index (Phi) is 4.07. The Morgan fingerprint density at radius 1 is 1.43 bits per heavy atom. The molecule has 2 aliphatic heterocycles. The molecule has 0 aromatic carbocycles. The summed E-state index contributed by atoms with van der Waals surface area (Å²) in [6.07, 6.45) is 6.03. The van der Waals surface area contributed by atoms with Crippen LogP contribution in [0.5, 0.6) is 0 Å². The lowest BCUT2D eigenvalue weighted by Crippen LogP contribution is -2.60. The first-order valence-electron chi connectivity index (χ1n) is 8.75. The van der Waals surface area contributed by atoms with Crippen LogP contribution in [0, 0.1) is 11.8 Å². The van der Waals surface area contributed by atoms with Crippen molar-refractivity contribution < 1.29 is 9.53 Å². The van der Waals surface area contributed by atoms with Gasteiger partial charge >= 0.3 is 0 Å². The number of ether oxygens (including phenoxy) is 1. The molecule has 1 amide bonds. The fourth-order valence-corrected chi connectivity index (χ4v) is 3.97. The van der Waals surface area contributed by atoms with Crippen LogP contribution in [0.3, 0.4) is 0 Å². The average Bonchev–Trinajstić information content (AvgIpc) is 3.32. The monoisotopic (exact) mass is 315 g/mol. The first kappa shape index (κ1) is 15.1. The Morgan fingerprint density at radius 2 is 2.30 bits per heavy atom. The molecule has 3 fully saturated rings. The Hall–Kier alpha value is -1.46. The highest BCUT2D eigenvalue weighted by Gasteiger charge is 2.45. The number of fused-ring (bicyclic) bond motifs is 1. The van der Waals surface area contributed by atoms with E-state index in [-0.39, 0.29) is 12.0 Å². The lowest BCUT2D eigenvalue weighted by molar-refractivity contribution is -0.145. The van der Waals surface area contributed by atoms with Gasteiger partial charge in [0.05, 0.1) is 18.8 Å². The fourth-order valence-electron chi connectivity index (χ4n) is 3.97. The molecule has 1 aromatic rings. The Bertz CT molecular complexity index is 565. The second-order valence-corrected chi connectivity index (χ2v) is 7.20. The molecule has 0 spiro atoms. The van der Waals surface area contributed by atoms with Gasteiger partial charge in [-0.05, 0) is 30.4 Å². The molecular formula is C18H25N3O2. The lowest BCUT2D eigenvalue weighted by atomic mass is 9.97. The SMILES string of the molecule is C[C@@H]1C[C@@H]1C(=O)N1CC[C@@H]2OCCN(Cc3cccnc3)[C@H]2C1. The van der Waals surface area contributed by atoms with Crippen molar-refractivity contribution in [2.75, 3.05) is 26.2 Å². The molecule has 1 aromatic heterocycles. The van der Waals surface area contributed by atoms with Crippen LogP contribution in [0.1, 0.15) is 25.3 Å². The molecule has 4 atom stereocenters. The third-order valence-corrected chi connectivity index (χ3v) is 5.55. The molecule has 3 aliphatic rings. The molecule has 124 valence electrons. The quantitative estimate of drug-likeness (QED) is 0.849. The van der Waals surface area contributed by atoms with Crippen LogP contribution in [-0.4, -0.2) is 59.1 Å². The van der Waals surface area contributed by atoms with Crippen LogP contribution in [0.4, 0.5) is 0 Å². The molecule has 0 unspecified atom stereocenters. The maximum atomic E-state index is 12.6. The van der Waals surface area contributed by atoms with Crippen molar-refractivity contribution >= 4 is 5.91 Å². The third-order valence-electron chi connectivity index (χ3n) is 5.55. The normalized spacial score (nSPS) is 34.0. The molecule has 3 heterocycles. The van der Waals surface area contributed by atoms with Crippen LogP contribution in [0.25, 0.3) is 0 Å². The zero-order valence-corrected chi connectivity index (χ0v) is 13.7. The maximum absolute atomic E-state index is 12.6. The summed E-state index contributed by atoms with van der Waals surface area (Å²) >= 11 is 0. The van der Waals surface area contributed by atoms with E-state index in [2.05, 4.69) is 27.8 Å². The second-order valence-electron chi connectivity index (χ2n) is 7.20. The number of amides is 1. The topological polar surface area (TPSA) is 45.7 Å². The molecule has 0 bridgehead atoms. The first-order valence-corrected chi connectivity index (χ1v) is 8.75. The van der Waals surface area contributed by atoms with Crippen molar-refractivity contribution in [3.8, 4) is 0 Å². The summed E-state index contributed by atoms with van der Waals surface area (Å²) in [7, 11) is 0. The van der Waals surface area contributed by atoms with Gasteiger partial charge in [0.25, 0.3) is 0 Å². The molecule has 0 N–H and O–H groups in total. The minimum Gasteiger partial charge on any atom is -0.375 e. The number of pyridine rings is 1. The number of piperidine rings is 1. The summed E-state index contributed by atoms with van der Waals surface area (Å²) in [4.78, 5) is 21.3. The van der Waals surface area contributed by atoms with Crippen LogP contribution in [-0.2, 0) is 16.1 Å². The summed E-state index contributed by atoms with van der Waals surface area (Å²) in [6, 6.07) is 4.42. The van der Waals surface area contributed by atoms with Gasteiger partial charge in [-0.2, -0.15) is 0 Å². The Labute approximate surface area is 137 Å². The van der Waals surface area contributed by atoms with Gasteiger partial charge in [-0.25, -0.2) is 0 Å². The largest absolute Gasteiger partial charge is 0.375 e. The molecule has 2 saturated heterocycles. The standard InChI is InChI=1S/C18H25N3O2/c1-13-9-15(13)18(22)21-6-4-17-16(12-21)20(7-8-23-17)11-14-3-2-5-19-10-14/h2-3,5,10,13,15-17H,4,6-9,11-12H2,1H3/t13-,15+,16+,17+/m1/s1. The van der Waals surface area contributed by atoms with E-state index in [0.29, 0.717) is 17.9 Å². The van der Waals surface area contributed by atoms with E-state index in [1.165, 1.54) is 5.56 Å². The van der Waals surface area contributed by atoms with E-state index in [9.17, 15) is 4.79 Å². The number of rotatable bonds is 3. The van der Waals surface area contributed by atoms with Crippen LogP contribution < -0.4 is 0 Å². The van der Waals surface area contributed by atoms with E-state index < -0.39 is 0 Å². The van der Waals surface area contributed by atoms with Gasteiger partial charge in [0.1, 0.15) is 0 Å². The third kappa shape index (κ3) is 3.12. The van der Waals surface area contributed by atoms with Gasteiger partial charge in [0, 0.05) is 44.5 Å². The highest BCUT2D eigenvalue weighted by atomic mass is 16.5. The highest BCUT2D eigenvalue weighted by Crippen LogP contribution is 2.40. The van der Waals surface area contributed by atoms with E-state index >= 15 is 0 Å². The lowest BCUT2D eigenvalue weighted by Gasteiger charge is -2.47. The van der Waals surface area contributed by atoms with Crippen LogP contribution >= 0.6 is 0 Å². The van der Waals surface area contributed by atoms with Gasteiger partial charge in [0.15, 0.2) is 0 Å². The summed E-state index contributed by atoms with van der Waals surface area (Å²) in [5.41, 5.74) is 1.23. The van der Waals surface area contributed by atoms with Gasteiger partial charge in [-0.3, -0.25) is 14.7 Å². The van der Waals surface area contributed by atoms with Crippen molar-refractivity contribution in [3.05, 3.63) is 30.1 Å². The molecule has 5 heteroatoms. The number of carbonyl (C=O) groups excluding carboxylic acids is 1. The van der Waals surface area contributed by atoms with E-state index in [1.54, 1.807) is 0 Å². The molecule has 5 nitrogen and oxygen atoms in total. The molecule has 1 aliphatic carbocycles. The van der Waals surface area contributed by atoms with Crippen molar-refractivity contribution in [2.24, 2.45) is 11.8 Å². The highest BCUT2D eigenvalue weighted by molar-refractivity contribution is 5.81. The molecule has 1 saturated carbocycles. The number of aromatic nitrogens is 1. The molecule has 4 rings (SSSR count). The maximum Gasteiger partial charge on any atom is 0.226 e. The second kappa shape index (κ2) is 6.21. The summed E-state index contributed by atoms with van der Waals surface area (Å²) in [5, 5.41) is 0. The fraction of sp³-hybridized carbons (Fsp3) is 0.667. The van der Waals surface area contributed by atoms with E-state index in [4.69, 9.17) is 4.74 Å². The minimum absolute atomic E-state index is 0.265. The predicted octanol–water partition coefficient (Wildman–Crippen LogP) is 1.54. The van der Waals surface area contributed by atoms with Crippen LogP contribution in [0.15, 0.2) is 24.5 Å². The number of hydrogen-bond donors (Lipinski definition) is 0.